The molecule has 12 heavy (non-hydrogen) atoms. The van der Waals surface area contributed by atoms with Gasteiger partial charge in [0.25, 0.3) is 0 Å². The first-order valence-corrected chi connectivity index (χ1v) is 4.59. The van der Waals surface area contributed by atoms with E-state index in [0.717, 1.165) is 5.56 Å². The monoisotopic (exact) mass is 178 g/mol. The summed E-state index contributed by atoms with van der Waals surface area (Å²) in [5.41, 5.74) is 3.89. The van der Waals surface area contributed by atoms with Gasteiger partial charge in [-0.3, -0.25) is 0 Å². The Labute approximate surface area is 79.0 Å². The minimum Gasteiger partial charge on any atom is -0.130 e. The molecule has 64 valence electrons. The van der Waals surface area contributed by atoms with Crippen LogP contribution < -0.4 is 0 Å². The van der Waals surface area contributed by atoms with Crippen molar-refractivity contribution in [1.29, 1.82) is 0 Å². The standard InChI is InChI=1S/C10H10S.CH4/c1-3-4-9-5-7-10(11-2)8-6-9;/h4-8H,1H2,2H3;1H4. The molecule has 0 unspecified atom stereocenters. The van der Waals surface area contributed by atoms with E-state index in [0.29, 0.717) is 0 Å². The molecule has 0 aliphatic heterocycles. The Bertz CT molecular complexity index is 266. The summed E-state index contributed by atoms with van der Waals surface area (Å²) in [6, 6.07) is 8.30. The zero-order chi connectivity index (χ0) is 8.10. The topological polar surface area (TPSA) is 0 Å². The van der Waals surface area contributed by atoms with Crippen LogP contribution in [0.3, 0.4) is 0 Å². The third kappa shape index (κ3) is 3.00. The SMILES string of the molecule is C.C=C=Cc1ccc(SC)cc1. The van der Waals surface area contributed by atoms with E-state index in [-0.39, 0.29) is 7.43 Å². The lowest BCUT2D eigenvalue weighted by Gasteiger charge is -1.94. The second kappa shape index (κ2) is 5.70. The average Bonchev–Trinajstić information content (AvgIpc) is 2.07. The molecule has 0 aliphatic rings. The van der Waals surface area contributed by atoms with Crippen LogP contribution in [0.2, 0.25) is 0 Å². The maximum absolute atomic E-state index is 3.51. The van der Waals surface area contributed by atoms with Gasteiger partial charge in [-0.1, -0.05) is 26.1 Å². The van der Waals surface area contributed by atoms with Crippen molar-refractivity contribution in [3.8, 4) is 0 Å². The molecule has 0 spiro atoms. The summed E-state index contributed by atoms with van der Waals surface area (Å²) in [6.45, 7) is 3.51. The zero-order valence-electron chi connectivity index (χ0n) is 6.50. The van der Waals surface area contributed by atoms with Gasteiger partial charge in [0.2, 0.25) is 0 Å². The molecule has 1 aromatic rings. The summed E-state index contributed by atoms with van der Waals surface area (Å²) in [4.78, 5) is 1.28. The molecule has 0 heterocycles. The molecule has 0 fully saturated rings. The summed E-state index contributed by atoms with van der Waals surface area (Å²) in [5, 5.41) is 0. The van der Waals surface area contributed by atoms with E-state index in [4.69, 9.17) is 0 Å². The first-order valence-electron chi connectivity index (χ1n) is 3.36. The highest BCUT2D eigenvalue weighted by Gasteiger charge is 1.87. The second-order valence-corrected chi connectivity index (χ2v) is 3.00. The second-order valence-electron chi connectivity index (χ2n) is 2.12. The van der Waals surface area contributed by atoms with Crippen molar-refractivity contribution in [1.82, 2.24) is 0 Å². The summed E-state index contributed by atoms with van der Waals surface area (Å²) in [6.07, 6.45) is 3.93. The van der Waals surface area contributed by atoms with Gasteiger partial charge < -0.3 is 0 Å². The molecular weight excluding hydrogens is 164 g/mol. The number of hydrogen-bond donors (Lipinski definition) is 0. The first-order chi connectivity index (χ1) is 5.36. The summed E-state index contributed by atoms with van der Waals surface area (Å²) < 4.78 is 0. The van der Waals surface area contributed by atoms with Crippen molar-refractivity contribution >= 4 is 17.8 Å². The number of hydrogen-bond acceptors (Lipinski definition) is 1. The zero-order valence-corrected chi connectivity index (χ0v) is 7.32. The Hall–Kier alpha value is -0.910. The van der Waals surface area contributed by atoms with Crippen molar-refractivity contribution in [2.45, 2.75) is 12.3 Å². The van der Waals surface area contributed by atoms with Crippen molar-refractivity contribution < 1.29 is 0 Å². The van der Waals surface area contributed by atoms with Crippen molar-refractivity contribution in [2.24, 2.45) is 0 Å². The summed E-state index contributed by atoms with van der Waals surface area (Å²) in [5.74, 6) is 0. The normalized spacial score (nSPS) is 8.08. The average molecular weight is 178 g/mol. The quantitative estimate of drug-likeness (QED) is 0.489. The predicted molar refractivity (Wildman–Crippen MR) is 58.6 cm³/mol. The third-order valence-electron chi connectivity index (χ3n) is 1.38. The van der Waals surface area contributed by atoms with Gasteiger partial charge in [-0.05, 0) is 30.0 Å². The third-order valence-corrected chi connectivity index (χ3v) is 2.13. The smallest absolute Gasteiger partial charge is 0.00695 e. The Morgan fingerprint density at radius 3 is 2.33 bits per heavy atom. The van der Waals surface area contributed by atoms with Crippen LogP contribution >= 0.6 is 11.8 Å². The van der Waals surface area contributed by atoms with Crippen LogP contribution in [0.5, 0.6) is 0 Å². The molecule has 1 aromatic carbocycles. The Balaban J connectivity index is 0.00000121. The molecule has 0 aliphatic carbocycles. The molecule has 0 amide bonds. The lowest BCUT2D eigenvalue weighted by Crippen LogP contribution is -1.71. The maximum Gasteiger partial charge on any atom is 0.00695 e. The van der Waals surface area contributed by atoms with E-state index >= 15 is 0 Å². The number of thioether (sulfide) groups is 1. The van der Waals surface area contributed by atoms with Crippen molar-refractivity contribution in [2.75, 3.05) is 6.26 Å². The Kier molecular flexibility index (Phi) is 5.27. The molecule has 0 radical (unpaired) electrons. The van der Waals surface area contributed by atoms with Crippen LogP contribution in [-0.2, 0) is 0 Å². The minimum absolute atomic E-state index is 0. The molecule has 0 atom stereocenters. The van der Waals surface area contributed by atoms with Crippen LogP contribution in [-0.4, -0.2) is 6.26 Å². The highest BCUT2D eigenvalue weighted by atomic mass is 32.2. The van der Waals surface area contributed by atoms with Crippen LogP contribution in [0.1, 0.15) is 13.0 Å². The summed E-state index contributed by atoms with van der Waals surface area (Å²) in [7, 11) is 0. The minimum atomic E-state index is 0. The van der Waals surface area contributed by atoms with Gasteiger partial charge in [0.05, 0.1) is 0 Å². The van der Waals surface area contributed by atoms with E-state index in [1.165, 1.54) is 4.90 Å². The Morgan fingerprint density at radius 2 is 1.92 bits per heavy atom. The molecule has 0 bridgehead atoms. The molecule has 0 saturated carbocycles. The molecular formula is C11H14S. The van der Waals surface area contributed by atoms with E-state index in [9.17, 15) is 0 Å². The summed E-state index contributed by atoms with van der Waals surface area (Å²) >= 11 is 1.75. The van der Waals surface area contributed by atoms with E-state index in [1.807, 2.05) is 6.08 Å². The van der Waals surface area contributed by atoms with Crippen LogP contribution in [0, 0.1) is 0 Å². The van der Waals surface area contributed by atoms with Crippen LogP contribution in [0.4, 0.5) is 0 Å². The molecule has 0 nitrogen and oxygen atoms in total. The molecule has 0 saturated heterocycles. The van der Waals surface area contributed by atoms with Gasteiger partial charge in [0.15, 0.2) is 0 Å². The van der Waals surface area contributed by atoms with Crippen molar-refractivity contribution in [3.63, 3.8) is 0 Å². The van der Waals surface area contributed by atoms with Gasteiger partial charge >= 0.3 is 0 Å². The Morgan fingerprint density at radius 1 is 1.33 bits per heavy atom. The maximum atomic E-state index is 3.51. The number of rotatable bonds is 2. The first kappa shape index (κ1) is 11.1. The molecule has 1 rings (SSSR count). The van der Waals surface area contributed by atoms with Gasteiger partial charge in [-0.25, -0.2) is 0 Å². The fraction of sp³-hybridized carbons (Fsp3) is 0.182. The van der Waals surface area contributed by atoms with E-state index in [1.54, 1.807) is 11.8 Å². The van der Waals surface area contributed by atoms with Gasteiger partial charge in [0, 0.05) is 4.90 Å². The predicted octanol–water partition coefficient (Wildman–Crippen LogP) is 3.84. The highest BCUT2D eigenvalue weighted by Crippen LogP contribution is 2.14. The van der Waals surface area contributed by atoms with Gasteiger partial charge in [-0.15, -0.1) is 17.5 Å². The van der Waals surface area contributed by atoms with E-state index < -0.39 is 0 Å². The van der Waals surface area contributed by atoms with Crippen molar-refractivity contribution in [3.05, 3.63) is 42.1 Å². The molecule has 1 heteroatoms. The lowest BCUT2D eigenvalue weighted by atomic mass is 10.2. The number of benzene rings is 1. The fourth-order valence-corrected chi connectivity index (χ4v) is 1.23. The fourth-order valence-electron chi connectivity index (χ4n) is 0.818. The lowest BCUT2D eigenvalue weighted by molar-refractivity contribution is 1.45. The largest absolute Gasteiger partial charge is 0.130 e. The van der Waals surface area contributed by atoms with Crippen LogP contribution in [0.15, 0.2) is 41.5 Å². The van der Waals surface area contributed by atoms with E-state index in [2.05, 4.69) is 42.8 Å². The van der Waals surface area contributed by atoms with Gasteiger partial charge in [-0.2, -0.15) is 0 Å². The van der Waals surface area contributed by atoms with Crippen LogP contribution in [0.25, 0.3) is 6.08 Å². The van der Waals surface area contributed by atoms with Gasteiger partial charge in [0.1, 0.15) is 0 Å². The molecule has 0 aromatic heterocycles. The molecule has 0 N–H and O–H groups in total. The highest BCUT2D eigenvalue weighted by molar-refractivity contribution is 7.98.